The summed E-state index contributed by atoms with van der Waals surface area (Å²) in [4.78, 5) is 2.18. The highest BCUT2D eigenvalue weighted by atomic mass is 19.3. The van der Waals surface area contributed by atoms with E-state index in [1.54, 1.807) is 0 Å². The molecule has 1 saturated carbocycles. The highest BCUT2D eigenvalue weighted by Crippen LogP contribution is 2.48. The van der Waals surface area contributed by atoms with E-state index in [1.165, 1.54) is 0 Å². The molecular formula is C10H17F2N. The molecule has 0 bridgehead atoms. The molecule has 3 heteroatoms. The lowest BCUT2D eigenvalue weighted by molar-refractivity contribution is -0.0406. The Morgan fingerprint density at radius 2 is 2.00 bits per heavy atom. The molecule has 1 aliphatic heterocycles. The number of halogens is 2. The van der Waals surface area contributed by atoms with Crippen molar-refractivity contribution in [2.75, 3.05) is 13.1 Å². The van der Waals surface area contributed by atoms with E-state index in [-0.39, 0.29) is 18.3 Å². The van der Waals surface area contributed by atoms with Crippen molar-refractivity contribution in [1.29, 1.82) is 0 Å². The average molecular weight is 189 g/mol. The smallest absolute Gasteiger partial charge is 0.252 e. The fourth-order valence-corrected chi connectivity index (χ4v) is 2.66. The Labute approximate surface area is 78.1 Å². The average Bonchev–Trinajstić information content (AvgIpc) is 2.53. The second-order valence-electron chi connectivity index (χ2n) is 4.71. The predicted octanol–water partition coefficient (Wildman–Crippen LogP) is 2.37. The van der Waals surface area contributed by atoms with Gasteiger partial charge in [-0.05, 0) is 26.2 Å². The van der Waals surface area contributed by atoms with Crippen LogP contribution in [0.2, 0.25) is 0 Å². The van der Waals surface area contributed by atoms with E-state index >= 15 is 0 Å². The number of hydrogen-bond donors (Lipinski definition) is 0. The van der Waals surface area contributed by atoms with Gasteiger partial charge in [0.15, 0.2) is 0 Å². The van der Waals surface area contributed by atoms with Crippen molar-refractivity contribution in [3.8, 4) is 0 Å². The number of likely N-dealkylation sites (tertiary alicyclic amines) is 1. The van der Waals surface area contributed by atoms with E-state index in [1.807, 2.05) is 0 Å². The largest absolute Gasteiger partial charge is 0.300 e. The quantitative estimate of drug-likeness (QED) is 0.612. The SMILES string of the molecule is CC(C)N1CC2CCC(F)(F)C2C1. The van der Waals surface area contributed by atoms with Gasteiger partial charge in [-0.25, -0.2) is 8.78 Å². The van der Waals surface area contributed by atoms with Gasteiger partial charge in [0, 0.05) is 31.5 Å². The zero-order chi connectivity index (χ0) is 9.64. The summed E-state index contributed by atoms with van der Waals surface area (Å²) < 4.78 is 26.6. The van der Waals surface area contributed by atoms with Crippen LogP contribution in [0.15, 0.2) is 0 Å². The number of rotatable bonds is 1. The molecule has 0 aromatic heterocycles. The fourth-order valence-electron chi connectivity index (χ4n) is 2.66. The lowest BCUT2D eigenvalue weighted by Gasteiger charge is -2.23. The zero-order valence-corrected chi connectivity index (χ0v) is 8.26. The maximum absolute atomic E-state index is 13.3. The molecule has 13 heavy (non-hydrogen) atoms. The normalized spacial score (nSPS) is 38.5. The molecule has 2 aliphatic rings. The highest BCUT2D eigenvalue weighted by molar-refractivity contribution is 4.98. The van der Waals surface area contributed by atoms with E-state index in [0.717, 1.165) is 13.0 Å². The second-order valence-corrected chi connectivity index (χ2v) is 4.71. The number of nitrogens with zero attached hydrogens (tertiary/aromatic N) is 1. The number of fused-ring (bicyclic) bond motifs is 1. The molecule has 1 nitrogen and oxygen atoms in total. The Kier molecular flexibility index (Phi) is 2.10. The minimum Gasteiger partial charge on any atom is -0.300 e. The summed E-state index contributed by atoms with van der Waals surface area (Å²) in [5.74, 6) is -2.47. The van der Waals surface area contributed by atoms with E-state index < -0.39 is 5.92 Å². The molecule has 0 radical (unpaired) electrons. The van der Waals surface area contributed by atoms with Crippen molar-refractivity contribution in [2.24, 2.45) is 11.8 Å². The second kappa shape index (κ2) is 2.91. The monoisotopic (exact) mass is 189 g/mol. The van der Waals surface area contributed by atoms with E-state index in [0.29, 0.717) is 12.6 Å². The molecule has 0 aromatic carbocycles. The molecule has 1 saturated heterocycles. The van der Waals surface area contributed by atoms with E-state index in [4.69, 9.17) is 0 Å². The van der Waals surface area contributed by atoms with Crippen molar-refractivity contribution in [3.63, 3.8) is 0 Å². The van der Waals surface area contributed by atoms with Crippen molar-refractivity contribution in [1.82, 2.24) is 4.90 Å². The third kappa shape index (κ3) is 1.47. The molecule has 0 N–H and O–H groups in total. The molecule has 2 rings (SSSR count). The van der Waals surface area contributed by atoms with Gasteiger partial charge in [0.05, 0.1) is 0 Å². The topological polar surface area (TPSA) is 3.24 Å². The Hall–Kier alpha value is -0.180. The Morgan fingerprint density at radius 3 is 2.54 bits per heavy atom. The van der Waals surface area contributed by atoms with Crippen LogP contribution in [0.1, 0.15) is 26.7 Å². The molecule has 2 atom stereocenters. The summed E-state index contributed by atoms with van der Waals surface area (Å²) in [5.41, 5.74) is 0. The van der Waals surface area contributed by atoms with Crippen molar-refractivity contribution < 1.29 is 8.78 Å². The molecule has 1 heterocycles. The molecule has 0 spiro atoms. The number of hydrogen-bond acceptors (Lipinski definition) is 1. The van der Waals surface area contributed by atoms with E-state index in [9.17, 15) is 8.78 Å². The van der Waals surface area contributed by atoms with Crippen LogP contribution in [0.25, 0.3) is 0 Å². The minimum atomic E-state index is -2.38. The molecule has 0 aromatic rings. The first-order valence-corrected chi connectivity index (χ1v) is 5.12. The molecule has 2 unspecified atom stereocenters. The summed E-state index contributed by atoms with van der Waals surface area (Å²) in [5, 5.41) is 0. The molecular weight excluding hydrogens is 172 g/mol. The van der Waals surface area contributed by atoms with Gasteiger partial charge < -0.3 is 4.90 Å². The van der Waals surface area contributed by atoms with Crippen LogP contribution in [0.3, 0.4) is 0 Å². The third-order valence-electron chi connectivity index (χ3n) is 3.59. The summed E-state index contributed by atoms with van der Waals surface area (Å²) >= 11 is 0. The third-order valence-corrected chi connectivity index (χ3v) is 3.59. The van der Waals surface area contributed by atoms with Crippen molar-refractivity contribution in [2.45, 2.75) is 38.7 Å². The van der Waals surface area contributed by atoms with Gasteiger partial charge in [-0.15, -0.1) is 0 Å². The summed E-state index contributed by atoms with van der Waals surface area (Å²) in [6.07, 6.45) is 0.842. The van der Waals surface area contributed by atoms with Gasteiger partial charge in [0.2, 0.25) is 0 Å². The highest BCUT2D eigenvalue weighted by Gasteiger charge is 2.53. The Bertz CT molecular complexity index is 203. The molecule has 2 fully saturated rings. The maximum atomic E-state index is 13.3. The van der Waals surface area contributed by atoms with Crippen LogP contribution in [0.4, 0.5) is 8.78 Å². The first-order valence-electron chi connectivity index (χ1n) is 5.12. The lowest BCUT2D eigenvalue weighted by atomic mass is 9.99. The maximum Gasteiger partial charge on any atom is 0.252 e. The standard InChI is InChI=1S/C10H17F2N/c1-7(2)13-5-8-3-4-10(11,12)9(8)6-13/h7-9H,3-6H2,1-2H3. The molecule has 1 aliphatic carbocycles. The first-order chi connectivity index (χ1) is 6.00. The summed E-state index contributed by atoms with van der Waals surface area (Å²) in [6, 6.07) is 0.418. The van der Waals surface area contributed by atoms with Gasteiger partial charge >= 0.3 is 0 Å². The predicted molar refractivity (Wildman–Crippen MR) is 47.9 cm³/mol. The Balaban J connectivity index is 2.06. The Morgan fingerprint density at radius 1 is 1.31 bits per heavy atom. The first kappa shape index (κ1) is 9.38. The molecule has 76 valence electrons. The van der Waals surface area contributed by atoms with Crippen LogP contribution < -0.4 is 0 Å². The van der Waals surface area contributed by atoms with Crippen molar-refractivity contribution in [3.05, 3.63) is 0 Å². The van der Waals surface area contributed by atoms with Crippen molar-refractivity contribution >= 4 is 0 Å². The fraction of sp³-hybridized carbons (Fsp3) is 1.00. The van der Waals surface area contributed by atoms with Gasteiger partial charge in [-0.2, -0.15) is 0 Å². The van der Waals surface area contributed by atoms with Crippen LogP contribution in [0.5, 0.6) is 0 Å². The van der Waals surface area contributed by atoms with Gasteiger partial charge in [0.1, 0.15) is 0 Å². The molecule has 0 amide bonds. The zero-order valence-electron chi connectivity index (χ0n) is 8.26. The summed E-state index contributed by atoms with van der Waals surface area (Å²) in [7, 11) is 0. The van der Waals surface area contributed by atoms with Gasteiger partial charge in [0.25, 0.3) is 5.92 Å². The van der Waals surface area contributed by atoms with Crippen LogP contribution in [0, 0.1) is 11.8 Å². The van der Waals surface area contributed by atoms with Crippen LogP contribution in [-0.4, -0.2) is 30.0 Å². The number of alkyl halides is 2. The van der Waals surface area contributed by atoms with Crippen LogP contribution in [-0.2, 0) is 0 Å². The minimum absolute atomic E-state index is 0.119. The van der Waals surface area contributed by atoms with Gasteiger partial charge in [-0.1, -0.05) is 0 Å². The lowest BCUT2D eigenvalue weighted by Crippen LogP contribution is -2.32. The van der Waals surface area contributed by atoms with Gasteiger partial charge in [-0.3, -0.25) is 0 Å². The summed E-state index contributed by atoms with van der Waals surface area (Å²) in [6.45, 7) is 5.66. The van der Waals surface area contributed by atoms with Crippen LogP contribution >= 0.6 is 0 Å². The van der Waals surface area contributed by atoms with E-state index in [2.05, 4.69) is 18.7 Å².